The summed E-state index contributed by atoms with van der Waals surface area (Å²) in [5.41, 5.74) is 8.80. The molecule has 0 aliphatic heterocycles. The third-order valence-electron chi connectivity index (χ3n) is 1.33. The zero-order chi connectivity index (χ0) is 8.97. The number of benzene rings is 1. The second-order valence-corrected chi connectivity index (χ2v) is 2.58. The number of aromatic hydroxyl groups is 1. The van der Waals surface area contributed by atoms with E-state index in [-0.39, 0.29) is 17.3 Å². The maximum atomic E-state index is 9.03. The van der Waals surface area contributed by atoms with Gasteiger partial charge in [-0.25, -0.2) is 0 Å². The maximum Gasteiger partial charge on any atom is 0.134 e. The van der Waals surface area contributed by atoms with Gasteiger partial charge < -0.3 is 5.11 Å². The third kappa shape index (κ3) is 2.05. The van der Waals surface area contributed by atoms with E-state index in [1.165, 1.54) is 6.07 Å². The van der Waals surface area contributed by atoms with E-state index in [0.717, 1.165) is 5.56 Å². The molecular weight excluding hydrogens is 178 g/mol. The number of halogens is 1. The predicted molar refractivity (Wildman–Crippen MR) is 46.0 cm³/mol. The summed E-state index contributed by atoms with van der Waals surface area (Å²) in [6.45, 7) is 0.247. The molecule has 0 atom stereocenters. The Morgan fingerprint density at radius 3 is 2.92 bits per heavy atom. The van der Waals surface area contributed by atoms with Gasteiger partial charge in [0, 0.05) is 4.91 Å². The molecule has 0 heterocycles. The van der Waals surface area contributed by atoms with Crippen molar-refractivity contribution in [2.45, 2.75) is 6.54 Å². The lowest BCUT2D eigenvalue weighted by molar-refractivity contribution is 0.475. The van der Waals surface area contributed by atoms with Crippen LogP contribution < -0.4 is 0 Å². The number of rotatable bonds is 2. The first-order chi connectivity index (χ1) is 5.74. The lowest BCUT2D eigenvalue weighted by Gasteiger charge is -1.98. The van der Waals surface area contributed by atoms with Crippen LogP contribution >= 0.6 is 11.6 Å². The normalized spacial score (nSPS) is 9.08. The third-order valence-corrected chi connectivity index (χ3v) is 1.63. The van der Waals surface area contributed by atoms with Crippen molar-refractivity contribution in [1.82, 2.24) is 0 Å². The lowest BCUT2D eigenvalue weighted by atomic mass is 10.2. The molecule has 0 bridgehead atoms. The van der Waals surface area contributed by atoms with Crippen molar-refractivity contribution >= 4 is 11.6 Å². The number of hydrogen-bond acceptors (Lipinski definition) is 2. The molecule has 1 N–H and O–H groups in total. The summed E-state index contributed by atoms with van der Waals surface area (Å²) in [7, 11) is 0. The molecule has 5 heteroatoms. The van der Waals surface area contributed by atoms with Crippen LogP contribution in [0.5, 0.6) is 5.75 Å². The van der Waals surface area contributed by atoms with E-state index < -0.39 is 0 Å². The monoisotopic (exact) mass is 183 g/mol. The summed E-state index contributed by atoms with van der Waals surface area (Å²) in [5.74, 6) is 0.0290. The Morgan fingerprint density at radius 2 is 2.33 bits per heavy atom. The summed E-state index contributed by atoms with van der Waals surface area (Å²) >= 11 is 5.61. The predicted octanol–water partition coefficient (Wildman–Crippen LogP) is 2.86. The zero-order valence-corrected chi connectivity index (χ0v) is 6.86. The van der Waals surface area contributed by atoms with Crippen LogP contribution in [0.3, 0.4) is 0 Å². The van der Waals surface area contributed by atoms with Gasteiger partial charge in [-0.05, 0) is 23.2 Å². The van der Waals surface area contributed by atoms with Crippen molar-refractivity contribution in [3.63, 3.8) is 0 Å². The van der Waals surface area contributed by atoms with Gasteiger partial charge in [0.2, 0.25) is 0 Å². The van der Waals surface area contributed by atoms with Crippen molar-refractivity contribution in [2.75, 3.05) is 0 Å². The Morgan fingerprint density at radius 1 is 1.58 bits per heavy atom. The highest BCUT2D eigenvalue weighted by atomic mass is 35.5. The van der Waals surface area contributed by atoms with Crippen LogP contribution in [0.4, 0.5) is 0 Å². The fourth-order valence-corrected chi connectivity index (χ4v) is 0.965. The Kier molecular flexibility index (Phi) is 2.80. The SMILES string of the molecule is [N-]=[N+]=NCc1ccc(O)c(Cl)c1. The van der Waals surface area contributed by atoms with E-state index in [2.05, 4.69) is 10.0 Å². The van der Waals surface area contributed by atoms with Crippen molar-refractivity contribution in [3.05, 3.63) is 39.2 Å². The maximum absolute atomic E-state index is 9.03. The van der Waals surface area contributed by atoms with Crippen LogP contribution in [-0.4, -0.2) is 5.11 Å². The number of phenols is 1. The second-order valence-electron chi connectivity index (χ2n) is 2.17. The van der Waals surface area contributed by atoms with Crippen LogP contribution in [0.1, 0.15) is 5.56 Å². The van der Waals surface area contributed by atoms with Crippen molar-refractivity contribution in [2.24, 2.45) is 5.11 Å². The molecule has 1 aromatic carbocycles. The van der Waals surface area contributed by atoms with E-state index in [9.17, 15) is 0 Å². The molecule has 62 valence electrons. The van der Waals surface area contributed by atoms with Gasteiger partial charge in [0.25, 0.3) is 0 Å². The van der Waals surface area contributed by atoms with Gasteiger partial charge in [-0.3, -0.25) is 0 Å². The van der Waals surface area contributed by atoms with Crippen LogP contribution in [-0.2, 0) is 6.54 Å². The molecule has 0 aromatic heterocycles. The van der Waals surface area contributed by atoms with E-state index in [1.54, 1.807) is 12.1 Å². The first kappa shape index (κ1) is 8.71. The first-order valence-corrected chi connectivity index (χ1v) is 3.60. The van der Waals surface area contributed by atoms with Gasteiger partial charge >= 0.3 is 0 Å². The van der Waals surface area contributed by atoms with Gasteiger partial charge in [0.05, 0.1) is 11.6 Å². The summed E-state index contributed by atoms with van der Waals surface area (Å²) in [4.78, 5) is 2.60. The molecule has 12 heavy (non-hydrogen) atoms. The summed E-state index contributed by atoms with van der Waals surface area (Å²) < 4.78 is 0. The van der Waals surface area contributed by atoms with E-state index in [0.29, 0.717) is 0 Å². The van der Waals surface area contributed by atoms with Gasteiger partial charge in [0.15, 0.2) is 0 Å². The number of azide groups is 1. The molecule has 0 saturated heterocycles. The summed E-state index contributed by atoms with van der Waals surface area (Å²) in [6.07, 6.45) is 0. The van der Waals surface area contributed by atoms with Gasteiger partial charge in [-0.15, -0.1) is 0 Å². The Bertz CT molecular complexity index is 333. The van der Waals surface area contributed by atoms with Crippen LogP contribution in [0.25, 0.3) is 10.4 Å². The number of hydrogen-bond donors (Lipinski definition) is 1. The minimum Gasteiger partial charge on any atom is -0.506 e. The van der Waals surface area contributed by atoms with E-state index in [1.807, 2.05) is 0 Å². The molecule has 1 aromatic rings. The fourth-order valence-electron chi connectivity index (χ4n) is 0.762. The molecule has 0 fully saturated rings. The van der Waals surface area contributed by atoms with Crippen LogP contribution in [0, 0.1) is 0 Å². The lowest BCUT2D eigenvalue weighted by Crippen LogP contribution is -1.79. The molecule has 0 aliphatic carbocycles. The minimum atomic E-state index is 0.0290. The topological polar surface area (TPSA) is 69.0 Å². The van der Waals surface area contributed by atoms with Gasteiger partial charge in [-0.1, -0.05) is 22.8 Å². The molecule has 1 rings (SSSR count). The molecule has 0 aliphatic rings. The largest absolute Gasteiger partial charge is 0.506 e. The van der Waals surface area contributed by atoms with E-state index in [4.69, 9.17) is 22.2 Å². The highest BCUT2D eigenvalue weighted by molar-refractivity contribution is 6.32. The second kappa shape index (κ2) is 3.85. The summed E-state index contributed by atoms with van der Waals surface area (Å²) in [6, 6.07) is 4.67. The van der Waals surface area contributed by atoms with Crippen LogP contribution in [0.15, 0.2) is 23.3 Å². The van der Waals surface area contributed by atoms with Gasteiger partial charge in [-0.2, -0.15) is 0 Å². The smallest absolute Gasteiger partial charge is 0.134 e. The average molecular weight is 184 g/mol. The quantitative estimate of drug-likeness (QED) is 0.428. The Hall–Kier alpha value is -1.38. The molecule has 0 spiro atoms. The van der Waals surface area contributed by atoms with E-state index >= 15 is 0 Å². The molecule has 0 unspecified atom stereocenters. The first-order valence-electron chi connectivity index (χ1n) is 3.22. The average Bonchev–Trinajstić information content (AvgIpc) is 2.07. The van der Waals surface area contributed by atoms with Crippen molar-refractivity contribution < 1.29 is 5.11 Å². The molecule has 0 saturated carbocycles. The molecule has 0 radical (unpaired) electrons. The number of phenolic OH excluding ortho intramolecular Hbond substituents is 1. The van der Waals surface area contributed by atoms with Crippen molar-refractivity contribution in [1.29, 1.82) is 0 Å². The molecular formula is C7H6ClN3O. The zero-order valence-electron chi connectivity index (χ0n) is 6.11. The minimum absolute atomic E-state index is 0.0290. The molecule has 4 nitrogen and oxygen atoms in total. The van der Waals surface area contributed by atoms with Crippen molar-refractivity contribution in [3.8, 4) is 5.75 Å². The highest BCUT2D eigenvalue weighted by Gasteiger charge is 1.97. The Labute approximate surface area is 74.0 Å². The fraction of sp³-hybridized carbons (Fsp3) is 0.143. The molecule has 0 amide bonds. The highest BCUT2D eigenvalue weighted by Crippen LogP contribution is 2.23. The number of nitrogens with zero attached hydrogens (tertiary/aromatic N) is 3. The Balaban J connectivity index is 2.89. The standard InChI is InChI=1S/C7H6ClN3O/c8-6-3-5(4-10-11-9)1-2-7(6)12/h1-3,12H,4H2. The summed E-state index contributed by atoms with van der Waals surface area (Å²) in [5, 5.41) is 12.7. The van der Waals surface area contributed by atoms with Gasteiger partial charge in [0.1, 0.15) is 5.75 Å². The van der Waals surface area contributed by atoms with Crippen LogP contribution in [0.2, 0.25) is 5.02 Å².